The van der Waals surface area contributed by atoms with Crippen molar-refractivity contribution in [1.29, 1.82) is 0 Å². The van der Waals surface area contributed by atoms with Gasteiger partial charge in [0.2, 0.25) is 0 Å². The molecule has 0 saturated carbocycles. The number of furan rings is 1. The van der Waals surface area contributed by atoms with E-state index < -0.39 is 23.5 Å². The summed E-state index contributed by atoms with van der Waals surface area (Å²) < 4.78 is 46.2. The smallest absolute Gasteiger partial charge is 0.169 e. The molecule has 2 N–H and O–H groups in total. The summed E-state index contributed by atoms with van der Waals surface area (Å²) in [6, 6.07) is 6.57. The molecule has 0 aliphatic heterocycles. The maximum Gasteiger partial charge on any atom is 0.169 e. The Morgan fingerprint density at radius 1 is 1.00 bits per heavy atom. The zero-order valence-corrected chi connectivity index (χ0v) is 11.3. The Morgan fingerprint density at radius 2 is 1.76 bits per heavy atom. The molecule has 0 amide bonds. The molecule has 2 aromatic carbocycles. The first-order chi connectivity index (χ1) is 9.97. The van der Waals surface area contributed by atoms with Crippen molar-refractivity contribution in [3.05, 3.63) is 70.2 Å². The van der Waals surface area contributed by atoms with Crippen molar-refractivity contribution in [2.75, 3.05) is 0 Å². The molecule has 0 fully saturated rings. The molecular weight excluding hydrogens is 303 g/mol. The summed E-state index contributed by atoms with van der Waals surface area (Å²) in [6.07, 6.45) is 0. The van der Waals surface area contributed by atoms with E-state index in [0.29, 0.717) is 5.39 Å². The van der Waals surface area contributed by atoms with Gasteiger partial charge in [0, 0.05) is 10.9 Å². The number of para-hydroxylation sites is 1. The van der Waals surface area contributed by atoms with Gasteiger partial charge in [-0.05, 0) is 24.3 Å². The number of hydrogen-bond donors (Lipinski definition) is 1. The van der Waals surface area contributed by atoms with Gasteiger partial charge in [-0.2, -0.15) is 0 Å². The largest absolute Gasteiger partial charge is 0.456 e. The molecule has 21 heavy (non-hydrogen) atoms. The zero-order chi connectivity index (χ0) is 15.1. The second kappa shape index (κ2) is 5.09. The summed E-state index contributed by atoms with van der Waals surface area (Å²) in [5, 5.41) is 0.161. The molecule has 1 aromatic heterocycles. The van der Waals surface area contributed by atoms with E-state index in [1.165, 1.54) is 18.2 Å². The minimum atomic E-state index is -1.07. The van der Waals surface area contributed by atoms with Crippen molar-refractivity contribution in [2.24, 2.45) is 5.73 Å². The van der Waals surface area contributed by atoms with Gasteiger partial charge in [0.25, 0.3) is 0 Å². The predicted octanol–water partition coefficient (Wildman–Crippen LogP) is 4.55. The van der Waals surface area contributed by atoms with Gasteiger partial charge < -0.3 is 10.2 Å². The van der Waals surface area contributed by atoms with Crippen LogP contribution in [-0.2, 0) is 0 Å². The molecule has 1 unspecified atom stereocenters. The third-order valence-corrected chi connectivity index (χ3v) is 3.49. The molecule has 0 saturated heterocycles. The Balaban J connectivity index is 2.10. The van der Waals surface area contributed by atoms with Gasteiger partial charge in [-0.3, -0.25) is 0 Å². The number of halogens is 4. The SMILES string of the molecule is NC(c1cc2cccc(F)c2o1)c1cc(F)c(Cl)cc1F. The topological polar surface area (TPSA) is 39.2 Å². The zero-order valence-electron chi connectivity index (χ0n) is 10.5. The lowest BCUT2D eigenvalue weighted by atomic mass is 10.0. The third kappa shape index (κ3) is 2.39. The minimum absolute atomic E-state index is 0.0257. The first-order valence-corrected chi connectivity index (χ1v) is 6.43. The van der Waals surface area contributed by atoms with Crippen molar-refractivity contribution >= 4 is 22.6 Å². The number of fused-ring (bicyclic) bond motifs is 1. The molecule has 0 aliphatic carbocycles. The molecule has 0 bridgehead atoms. The molecule has 108 valence electrons. The van der Waals surface area contributed by atoms with Crippen LogP contribution < -0.4 is 5.73 Å². The molecule has 2 nitrogen and oxygen atoms in total. The van der Waals surface area contributed by atoms with Crippen LogP contribution in [0.1, 0.15) is 17.4 Å². The van der Waals surface area contributed by atoms with E-state index in [9.17, 15) is 13.2 Å². The van der Waals surface area contributed by atoms with E-state index in [1.807, 2.05) is 0 Å². The lowest BCUT2D eigenvalue weighted by molar-refractivity contribution is 0.490. The second-order valence-electron chi connectivity index (χ2n) is 4.57. The molecule has 6 heteroatoms. The normalized spacial score (nSPS) is 12.8. The number of hydrogen-bond acceptors (Lipinski definition) is 2. The summed E-state index contributed by atoms with van der Waals surface area (Å²) in [7, 11) is 0. The molecule has 1 atom stereocenters. The molecule has 0 spiro atoms. The maximum atomic E-state index is 13.9. The van der Waals surface area contributed by atoms with Crippen LogP contribution in [0.2, 0.25) is 5.02 Å². The first kappa shape index (κ1) is 14.0. The minimum Gasteiger partial charge on any atom is -0.456 e. The lowest BCUT2D eigenvalue weighted by Crippen LogP contribution is -2.13. The molecule has 3 rings (SSSR count). The van der Waals surface area contributed by atoms with Gasteiger partial charge >= 0.3 is 0 Å². The van der Waals surface area contributed by atoms with E-state index in [1.54, 1.807) is 6.07 Å². The fourth-order valence-corrected chi connectivity index (χ4v) is 2.28. The molecule has 0 aliphatic rings. The average molecular weight is 312 g/mol. The van der Waals surface area contributed by atoms with Crippen LogP contribution >= 0.6 is 11.6 Å². The van der Waals surface area contributed by atoms with E-state index in [0.717, 1.165) is 12.1 Å². The van der Waals surface area contributed by atoms with Gasteiger partial charge in [-0.1, -0.05) is 23.7 Å². The standard InChI is InChI=1S/C15H9ClF3NO/c16-9-6-11(18)8(5-12(9)19)14(20)13-4-7-2-1-3-10(17)15(7)21-13/h1-6,14H,20H2. The quantitative estimate of drug-likeness (QED) is 0.705. The summed E-state index contributed by atoms with van der Waals surface area (Å²) >= 11 is 5.49. The number of rotatable bonds is 2. The van der Waals surface area contributed by atoms with Crippen LogP contribution in [-0.4, -0.2) is 0 Å². The van der Waals surface area contributed by atoms with E-state index >= 15 is 0 Å². The molecular formula is C15H9ClF3NO. The Kier molecular flexibility index (Phi) is 3.39. The average Bonchev–Trinajstić information content (AvgIpc) is 2.87. The van der Waals surface area contributed by atoms with Crippen LogP contribution in [0.25, 0.3) is 11.0 Å². The lowest BCUT2D eigenvalue weighted by Gasteiger charge is -2.11. The van der Waals surface area contributed by atoms with Gasteiger partial charge in [-0.15, -0.1) is 0 Å². The van der Waals surface area contributed by atoms with Crippen molar-refractivity contribution in [3.63, 3.8) is 0 Å². The summed E-state index contributed by atoms with van der Waals surface area (Å²) in [5.41, 5.74) is 5.80. The Bertz CT molecular complexity index is 831. The van der Waals surface area contributed by atoms with Gasteiger partial charge in [0.15, 0.2) is 11.4 Å². The summed E-state index contributed by atoms with van der Waals surface area (Å²) in [4.78, 5) is 0. The highest BCUT2D eigenvalue weighted by atomic mass is 35.5. The van der Waals surface area contributed by atoms with Crippen LogP contribution in [0.5, 0.6) is 0 Å². The van der Waals surface area contributed by atoms with Crippen LogP contribution in [0, 0.1) is 17.5 Å². The molecule has 1 heterocycles. The highest BCUT2D eigenvalue weighted by Crippen LogP contribution is 2.31. The van der Waals surface area contributed by atoms with Gasteiger partial charge in [-0.25, -0.2) is 13.2 Å². The second-order valence-corrected chi connectivity index (χ2v) is 4.98. The van der Waals surface area contributed by atoms with Crippen molar-refractivity contribution in [2.45, 2.75) is 6.04 Å². The fourth-order valence-electron chi connectivity index (χ4n) is 2.13. The van der Waals surface area contributed by atoms with Crippen molar-refractivity contribution in [1.82, 2.24) is 0 Å². The highest BCUT2D eigenvalue weighted by Gasteiger charge is 2.20. The third-order valence-electron chi connectivity index (χ3n) is 3.20. The van der Waals surface area contributed by atoms with Crippen molar-refractivity contribution < 1.29 is 17.6 Å². The Morgan fingerprint density at radius 3 is 2.48 bits per heavy atom. The maximum absolute atomic E-state index is 13.9. The molecule has 3 aromatic rings. The first-order valence-electron chi connectivity index (χ1n) is 6.05. The predicted molar refractivity (Wildman–Crippen MR) is 73.6 cm³/mol. The van der Waals surface area contributed by atoms with Crippen LogP contribution in [0.15, 0.2) is 40.8 Å². The van der Waals surface area contributed by atoms with Crippen LogP contribution in [0.3, 0.4) is 0 Å². The highest BCUT2D eigenvalue weighted by molar-refractivity contribution is 6.30. The van der Waals surface area contributed by atoms with E-state index in [4.69, 9.17) is 21.8 Å². The Labute approximate surface area is 122 Å². The van der Waals surface area contributed by atoms with Crippen molar-refractivity contribution in [3.8, 4) is 0 Å². The number of nitrogens with two attached hydrogens (primary N) is 1. The fraction of sp³-hybridized carbons (Fsp3) is 0.0667. The van der Waals surface area contributed by atoms with Gasteiger partial charge in [0.05, 0.1) is 11.1 Å². The van der Waals surface area contributed by atoms with E-state index in [-0.39, 0.29) is 21.9 Å². The monoisotopic (exact) mass is 311 g/mol. The summed E-state index contributed by atoms with van der Waals surface area (Å²) in [5.74, 6) is -1.95. The molecule has 0 radical (unpaired) electrons. The Hall–Kier alpha value is -1.98. The van der Waals surface area contributed by atoms with E-state index in [2.05, 4.69) is 0 Å². The van der Waals surface area contributed by atoms with Crippen LogP contribution in [0.4, 0.5) is 13.2 Å². The van der Waals surface area contributed by atoms with Gasteiger partial charge in [0.1, 0.15) is 17.4 Å². The summed E-state index contributed by atoms with van der Waals surface area (Å²) in [6.45, 7) is 0. The number of benzene rings is 2.